The number of hydrogen-bond acceptors (Lipinski definition) is 6. The van der Waals surface area contributed by atoms with E-state index in [0.717, 1.165) is 12.5 Å². The van der Waals surface area contributed by atoms with Gasteiger partial charge in [0.25, 0.3) is 0 Å². The molecule has 3 aromatic rings. The highest BCUT2D eigenvalue weighted by molar-refractivity contribution is 7.91. The molecule has 1 heterocycles. The van der Waals surface area contributed by atoms with E-state index in [9.17, 15) is 16.8 Å². The van der Waals surface area contributed by atoms with E-state index in [1.54, 1.807) is 30.3 Å². The van der Waals surface area contributed by atoms with E-state index >= 15 is 0 Å². The third-order valence-corrected chi connectivity index (χ3v) is 5.90. The first-order valence-electron chi connectivity index (χ1n) is 7.51. The average Bonchev–Trinajstić information content (AvgIpc) is 2.61. The highest BCUT2D eigenvalue weighted by atomic mass is 32.2. The largest absolute Gasteiger partial charge is 0.228 e. The van der Waals surface area contributed by atoms with Gasteiger partial charge >= 0.3 is 0 Å². The topological polar surface area (TPSA) is 94.1 Å². The van der Waals surface area contributed by atoms with Gasteiger partial charge < -0.3 is 0 Å². The minimum Gasteiger partial charge on any atom is -0.228 e. The lowest BCUT2D eigenvalue weighted by Crippen LogP contribution is -1.99. The van der Waals surface area contributed by atoms with Crippen LogP contribution < -0.4 is 0 Å². The van der Waals surface area contributed by atoms with E-state index in [2.05, 4.69) is 16.2 Å². The summed E-state index contributed by atoms with van der Waals surface area (Å²) in [6.45, 7) is 0. The van der Waals surface area contributed by atoms with Crippen molar-refractivity contribution in [3.63, 3.8) is 0 Å². The van der Waals surface area contributed by atoms with Crippen LogP contribution in [0.1, 0.15) is 0 Å². The zero-order valence-electron chi connectivity index (χ0n) is 14.0. The van der Waals surface area contributed by atoms with E-state index in [4.69, 9.17) is 0 Å². The summed E-state index contributed by atoms with van der Waals surface area (Å²) in [5, 5.41) is 0. The molecular formula is C18H15N2O4S2. The van der Waals surface area contributed by atoms with Gasteiger partial charge in [0.2, 0.25) is 0 Å². The Bertz CT molecular complexity index is 1100. The van der Waals surface area contributed by atoms with Gasteiger partial charge in [-0.2, -0.15) is 0 Å². The third-order valence-electron chi connectivity index (χ3n) is 3.68. The molecule has 0 aliphatic heterocycles. The number of nitrogens with zero attached hydrogens (tertiary/aromatic N) is 2. The fourth-order valence-corrected chi connectivity index (χ4v) is 3.69. The Kier molecular flexibility index (Phi) is 4.64. The van der Waals surface area contributed by atoms with Crippen molar-refractivity contribution < 1.29 is 16.8 Å². The van der Waals surface area contributed by atoms with Crippen molar-refractivity contribution in [3.05, 3.63) is 60.8 Å². The second-order valence-electron chi connectivity index (χ2n) is 5.81. The zero-order chi connectivity index (χ0) is 18.9. The number of sulfone groups is 2. The first kappa shape index (κ1) is 18.2. The molecule has 133 valence electrons. The van der Waals surface area contributed by atoms with Gasteiger partial charge in [-0.25, -0.2) is 26.8 Å². The lowest BCUT2D eigenvalue weighted by molar-refractivity contribution is 0.600. The zero-order valence-corrected chi connectivity index (χ0v) is 15.7. The van der Waals surface area contributed by atoms with Gasteiger partial charge in [-0.3, -0.25) is 0 Å². The molecule has 1 aromatic heterocycles. The molecule has 0 saturated heterocycles. The first-order chi connectivity index (χ1) is 12.1. The summed E-state index contributed by atoms with van der Waals surface area (Å²) in [4.78, 5) is 8.87. The SMILES string of the molecule is CS(=O)(=O)c1cccc(-c2c[c]nc(-c3cccc(S(C)(=O)=O)c3)n2)c1. The molecule has 0 saturated carbocycles. The van der Waals surface area contributed by atoms with Crippen LogP contribution in [-0.2, 0) is 19.7 Å². The minimum atomic E-state index is -3.35. The van der Waals surface area contributed by atoms with Gasteiger partial charge in [0, 0.05) is 23.6 Å². The molecule has 0 fully saturated rings. The Morgan fingerprint density at radius 2 is 1.35 bits per heavy atom. The van der Waals surface area contributed by atoms with Crippen molar-refractivity contribution in [1.82, 2.24) is 9.97 Å². The molecule has 8 heteroatoms. The Morgan fingerprint density at radius 3 is 1.92 bits per heavy atom. The molecule has 0 aliphatic carbocycles. The summed E-state index contributed by atoms with van der Waals surface area (Å²) in [6, 6.07) is 14.3. The molecule has 3 rings (SSSR count). The maximum absolute atomic E-state index is 11.7. The van der Waals surface area contributed by atoms with E-state index in [1.165, 1.54) is 24.3 Å². The monoisotopic (exact) mass is 387 g/mol. The highest BCUT2D eigenvalue weighted by Crippen LogP contribution is 2.24. The quantitative estimate of drug-likeness (QED) is 0.682. The second kappa shape index (κ2) is 6.62. The van der Waals surface area contributed by atoms with Gasteiger partial charge in [-0.15, -0.1) is 0 Å². The molecule has 0 atom stereocenters. The van der Waals surface area contributed by atoms with Crippen LogP contribution in [0.5, 0.6) is 0 Å². The van der Waals surface area contributed by atoms with Crippen LogP contribution in [0.3, 0.4) is 0 Å². The maximum atomic E-state index is 11.7. The maximum Gasteiger partial charge on any atom is 0.175 e. The fraction of sp³-hybridized carbons (Fsp3) is 0.111. The van der Waals surface area contributed by atoms with Crippen molar-refractivity contribution in [2.75, 3.05) is 12.5 Å². The number of hydrogen-bond donors (Lipinski definition) is 0. The molecule has 0 unspecified atom stereocenters. The molecule has 2 aromatic carbocycles. The minimum absolute atomic E-state index is 0.170. The molecular weight excluding hydrogens is 372 g/mol. The van der Waals surface area contributed by atoms with Crippen molar-refractivity contribution in [2.45, 2.75) is 9.79 Å². The summed E-state index contributed by atoms with van der Waals surface area (Å²) >= 11 is 0. The predicted octanol–water partition coefficient (Wildman–Crippen LogP) is 2.42. The van der Waals surface area contributed by atoms with Crippen molar-refractivity contribution >= 4 is 19.7 Å². The summed E-state index contributed by atoms with van der Waals surface area (Å²) in [5.74, 6) is 0.303. The fourth-order valence-electron chi connectivity index (χ4n) is 2.35. The molecule has 6 nitrogen and oxygen atoms in total. The van der Waals surface area contributed by atoms with Crippen LogP contribution in [0, 0.1) is 6.20 Å². The van der Waals surface area contributed by atoms with Crippen molar-refractivity contribution in [1.29, 1.82) is 0 Å². The Labute approximate surface area is 152 Å². The molecule has 1 radical (unpaired) electrons. The Hall–Kier alpha value is -2.58. The number of aromatic nitrogens is 2. The molecule has 26 heavy (non-hydrogen) atoms. The first-order valence-corrected chi connectivity index (χ1v) is 11.3. The number of rotatable bonds is 4. The number of benzene rings is 2. The van der Waals surface area contributed by atoms with Crippen LogP contribution in [0.2, 0.25) is 0 Å². The smallest absolute Gasteiger partial charge is 0.175 e. The van der Waals surface area contributed by atoms with Gasteiger partial charge in [-0.05, 0) is 30.3 Å². The van der Waals surface area contributed by atoms with E-state index in [0.29, 0.717) is 22.6 Å². The third kappa shape index (κ3) is 3.97. The standard InChI is InChI=1S/C18H15N2O4S2/c1-25(21,22)15-7-3-5-13(11-15)17-9-10-19-18(20-17)14-6-4-8-16(12-14)26(2,23)24/h3-9,11-12H,1-2H3. The van der Waals surface area contributed by atoms with Gasteiger partial charge in [0.15, 0.2) is 25.5 Å². The van der Waals surface area contributed by atoms with E-state index < -0.39 is 19.7 Å². The predicted molar refractivity (Wildman–Crippen MR) is 98.0 cm³/mol. The summed E-state index contributed by atoms with van der Waals surface area (Å²) in [5.41, 5.74) is 1.63. The Morgan fingerprint density at radius 1 is 0.808 bits per heavy atom. The lowest BCUT2D eigenvalue weighted by atomic mass is 10.1. The molecule has 0 N–H and O–H groups in total. The van der Waals surface area contributed by atoms with Crippen LogP contribution in [-0.4, -0.2) is 39.3 Å². The normalized spacial score (nSPS) is 12.1. The van der Waals surface area contributed by atoms with Crippen LogP contribution >= 0.6 is 0 Å². The lowest BCUT2D eigenvalue weighted by Gasteiger charge is -2.06. The van der Waals surface area contributed by atoms with Crippen LogP contribution in [0.4, 0.5) is 0 Å². The van der Waals surface area contributed by atoms with Crippen LogP contribution in [0.25, 0.3) is 22.6 Å². The van der Waals surface area contributed by atoms with E-state index in [-0.39, 0.29) is 9.79 Å². The summed E-state index contributed by atoms with van der Waals surface area (Å²) < 4.78 is 46.9. The van der Waals surface area contributed by atoms with Crippen molar-refractivity contribution in [2.24, 2.45) is 0 Å². The van der Waals surface area contributed by atoms with E-state index in [1.807, 2.05) is 0 Å². The summed E-state index contributed by atoms with van der Waals surface area (Å²) in [6.07, 6.45) is 5.00. The second-order valence-corrected chi connectivity index (χ2v) is 9.84. The highest BCUT2D eigenvalue weighted by Gasteiger charge is 2.12. The molecule has 0 amide bonds. The summed E-state index contributed by atoms with van der Waals surface area (Å²) in [7, 11) is -6.69. The van der Waals surface area contributed by atoms with Gasteiger partial charge in [0.05, 0.1) is 21.7 Å². The van der Waals surface area contributed by atoms with Crippen molar-refractivity contribution in [3.8, 4) is 22.6 Å². The molecule has 0 spiro atoms. The average molecular weight is 387 g/mol. The van der Waals surface area contributed by atoms with Gasteiger partial charge in [-0.1, -0.05) is 24.3 Å². The molecule has 0 aliphatic rings. The molecule has 0 bridgehead atoms. The Balaban J connectivity index is 2.08. The van der Waals surface area contributed by atoms with Gasteiger partial charge in [0.1, 0.15) is 0 Å². The van der Waals surface area contributed by atoms with Crippen LogP contribution in [0.15, 0.2) is 64.4 Å².